The van der Waals surface area contributed by atoms with Crippen LogP contribution in [0.4, 0.5) is 4.79 Å². The van der Waals surface area contributed by atoms with E-state index in [-0.39, 0.29) is 12.6 Å². The molecule has 2 amide bonds. The predicted octanol–water partition coefficient (Wildman–Crippen LogP) is 1.44. The summed E-state index contributed by atoms with van der Waals surface area (Å²) < 4.78 is 0. The van der Waals surface area contributed by atoms with E-state index in [0.717, 1.165) is 19.5 Å². The predicted molar refractivity (Wildman–Crippen MR) is 93.5 cm³/mol. The van der Waals surface area contributed by atoms with Crippen molar-refractivity contribution in [3.05, 3.63) is 41.7 Å². The lowest BCUT2D eigenvalue weighted by molar-refractivity contribution is 0.132. The summed E-state index contributed by atoms with van der Waals surface area (Å²) in [5, 5.41) is 19.0. The number of likely N-dealkylation sites (tertiary alicyclic amines) is 1. The van der Waals surface area contributed by atoms with Gasteiger partial charge in [0.15, 0.2) is 5.82 Å². The lowest BCUT2D eigenvalue weighted by Gasteiger charge is -2.36. The van der Waals surface area contributed by atoms with Crippen LogP contribution in [-0.2, 0) is 13.1 Å². The number of nitrogens with one attached hydrogen (secondary N) is 3. The van der Waals surface area contributed by atoms with E-state index >= 15 is 0 Å². The average Bonchev–Trinajstić information content (AvgIpc) is 3.16. The van der Waals surface area contributed by atoms with Gasteiger partial charge in [0, 0.05) is 19.1 Å². The van der Waals surface area contributed by atoms with Crippen LogP contribution in [0.3, 0.4) is 0 Å². The number of benzene rings is 1. The van der Waals surface area contributed by atoms with Gasteiger partial charge in [0.25, 0.3) is 0 Å². The van der Waals surface area contributed by atoms with E-state index in [1.54, 1.807) is 0 Å². The average molecular weight is 343 g/mol. The van der Waals surface area contributed by atoms with Crippen LogP contribution < -0.4 is 10.6 Å². The molecule has 1 aliphatic heterocycles. The SMILES string of the molecule is O=C(NCC[C@@H]1CCCCN1Cc1ccccc1)NCc1nn[nH]n1. The van der Waals surface area contributed by atoms with Gasteiger partial charge in [-0.15, -0.1) is 10.2 Å². The first-order valence-electron chi connectivity index (χ1n) is 8.83. The molecule has 1 fully saturated rings. The second-order valence-corrected chi connectivity index (χ2v) is 6.33. The van der Waals surface area contributed by atoms with Crippen LogP contribution in [0.15, 0.2) is 30.3 Å². The van der Waals surface area contributed by atoms with Crippen molar-refractivity contribution < 1.29 is 4.79 Å². The third kappa shape index (κ3) is 5.53. The highest BCUT2D eigenvalue weighted by Gasteiger charge is 2.22. The molecule has 0 radical (unpaired) electrons. The molecule has 2 heterocycles. The first kappa shape index (κ1) is 17.3. The van der Waals surface area contributed by atoms with Crippen LogP contribution in [0, 0.1) is 0 Å². The number of piperidine rings is 1. The molecule has 8 heteroatoms. The van der Waals surface area contributed by atoms with E-state index in [4.69, 9.17) is 0 Å². The molecule has 1 saturated heterocycles. The largest absolute Gasteiger partial charge is 0.338 e. The quantitative estimate of drug-likeness (QED) is 0.707. The maximum atomic E-state index is 11.8. The summed E-state index contributed by atoms with van der Waals surface area (Å²) in [6, 6.07) is 10.9. The molecular formula is C17H25N7O. The summed E-state index contributed by atoms with van der Waals surface area (Å²) in [6.07, 6.45) is 4.67. The maximum Gasteiger partial charge on any atom is 0.315 e. The molecule has 25 heavy (non-hydrogen) atoms. The molecule has 1 atom stereocenters. The number of urea groups is 1. The molecule has 0 saturated carbocycles. The van der Waals surface area contributed by atoms with Crippen molar-refractivity contribution in [3.63, 3.8) is 0 Å². The second kappa shape index (κ2) is 9.12. The third-order valence-electron chi connectivity index (χ3n) is 4.54. The number of nitrogens with zero attached hydrogens (tertiary/aromatic N) is 4. The Morgan fingerprint density at radius 2 is 2.12 bits per heavy atom. The highest BCUT2D eigenvalue weighted by atomic mass is 16.2. The minimum atomic E-state index is -0.199. The zero-order chi connectivity index (χ0) is 17.3. The van der Waals surface area contributed by atoms with E-state index < -0.39 is 0 Å². The van der Waals surface area contributed by atoms with E-state index in [9.17, 15) is 4.79 Å². The fraction of sp³-hybridized carbons (Fsp3) is 0.529. The van der Waals surface area contributed by atoms with E-state index in [0.29, 0.717) is 18.4 Å². The fourth-order valence-corrected chi connectivity index (χ4v) is 3.24. The molecule has 1 aliphatic rings. The smallest absolute Gasteiger partial charge is 0.315 e. The molecular weight excluding hydrogens is 318 g/mol. The summed E-state index contributed by atoms with van der Waals surface area (Å²) in [5.74, 6) is 0.469. The van der Waals surface area contributed by atoms with Crippen molar-refractivity contribution in [3.8, 4) is 0 Å². The van der Waals surface area contributed by atoms with E-state index in [1.165, 1.54) is 24.8 Å². The van der Waals surface area contributed by atoms with Crippen molar-refractivity contribution in [2.75, 3.05) is 13.1 Å². The van der Waals surface area contributed by atoms with Crippen molar-refractivity contribution >= 4 is 6.03 Å². The topological polar surface area (TPSA) is 98.8 Å². The van der Waals surface area contributed by atoms with E-state index in [1.807, 2.05) is 6.07 Å². The van der Waals surface area contributed by atoms with Crippen molar-refractivity contribution in [2.45, 2.75) is 44.8 Å². The Labute approximate surface area is 147 Å². The van der Waals surface area contributed by atoms with Crippen LogP contribution >= 0.6 is 0 Å². The zero-order valence-electron chi connectivity index (χ0n) is 14.3. The van der Waals surface area contributed by atoms with Gasteiger partial charge in [-0.2, -0.15) is 5.21 Å². The molecule has 1 aromatic carbocycles. The number of aromatic amines is 1. The number of H-pyrrole nitrogens is 1. The van der Waals surface area contributed by atoms with Crippen LogP contribution in [0.2, 0.25) is 0 Å². The van der Waals surface area contributed by atoms with Gasteiger partial charge in [-0.05, 0) is 31.4 Å². The molecule has 0 spiro atoms. The van der Waals surface area contributed by atoms with Crippen LogP contribution in [0.5, 0.6) is 0 Å². The number of tetrazole rings is 1. The monoisotopic (exact) mass is 343 g/mol. The zero-order valence-corrected chi connectivity index (χ0v) is 14.3. The first-order chi connectivity index (χ1) is 12.3. The third-order valence-corrected chi connectivity index (χ3v) is 4.54. The summed E-state index contributed by atoms with van der Waals surface area (Å²) in [7, 11) is 0. The van der Waals surface area contributed by atoms with Gasteiger partial charge in [0.05, 0.1) is 6.54 Å². The summed E-state index contributed by atoms with van der Waals surface area (Å²) in [5.41, 5.74) is 1.35. The van der Waals surface area contributed by atoms with Crippen molar-refractivity contribution in [1.82, 2.24) is 36.2 Å². The highest BCUT2D eigenvalue weighted by Crippen LogP contribution is 2.21. The lowest BCUT2D eigenvalue weighted by Crippen LogP contribution is -2.42. The Bertz CT molecular complexity index is 632. The van der Waals surface area contributed by atoms with Gasteiger partial charge < -0.3 is 10.6 Å². The number of rotatable bonds is 7. The molecule has 1 aromatic heterocycles. The molecule has 3 N–H and O–H groups in total. The Kier molecular flexibility index (Phi) is 6.33. The first-order valence-corrected chi connectivity index (χ1v) is 8.83. The Morgan fingerprint density at radius 1 is 1.24 bits per heavy atom. The maximum absolute atomic E-state index is 11.8. The highest BCUT2D eigenvalue weighted by molar-refractivity contribution is 5.73. The summed E-state index contributed by atoms with van der Waals surface area (Å²) >= 11 is 0. The van der Waals surface area contributed by atoms with Gasteiger partial charge in [-0.25, -0.2) is 4.79 Å². The number of amides is 2. The Balaban J connectivity index is 1.40. The van der Waals surface area contributed by atoms with Crippen molar-refractivity contribution in [2.24, 2.45) is 0 Å². The molecule has 8 nitrogen and oxygen atoms in total. The van der Waals surface area contributed by atoms with E-state index in [2.05, 4.69) is 60.4 Å². The molecule has 134 valence electrons. The minimum Gasteiger partial charge on any atom is -0.338 e. The summed E-state index contributed by atoms with van der Waals surface area (Å²) in [6.45, 7) is 3.04. The number of carbonyl (C=O) groups is 1. The number of carbonyl (C=O) groups excluding carboxylic acids is 1. The fourth-order valence-electron chi connectivity index (χ4n) is 3.24. The van der Waals surface area contributed by atoms with Gasteiger partial charge >= 0.3 is 6.03 Å². The number of aromatic nitrogens is 4. The molecule has 0 unspecified atom stereocenters. The Hall–Kier alpha value is -2.48. The lowest BCUT2D eigenvalue weighted by atomic mass is 9.98. The Morgan fingerprint density at radius 3 is 2.92 bits per heavy atom. The minimum absolute atomic E-state index is 0.199. The normalized spacial score (nSPS) is 18.0. The molecule has 0 bridgehead atoms. The van der Waals surface area contributed by atoms with Gasteiger partial charge in [-0.3, -0.25) is 4.90 Å². The standard InChI is InChI=1S/C17H25N7O/c25-17(19-12-16-20-22-23-21-16)18-10-9-15-8-4-5-11-24(15)13-14-6-2-1-3-7-14/h1-3,6-7,15H,4-5,8-13H2,(H2,18,19,25)(H,20,21,22,23)/t15-/m0/s1. The van der Waals surface area contributed by atoms with Crippen LogP contribution in [0.1, 0.15) is 37.1 Å². The van der Waals surface area contributed by atoms with Crippen LogP contribution in [0.25, 0.3) is 0 Å². The van der Waals surface area contributed by atoms with Gasteiger partial charge in [0.1, 0.15) is 0 Å². The molecule has 3 rings (SSSR count). The number of hydrogen-bond acceptors (Lipinski definition) is 5. The molecule has 2 aromatic rings. The van der Waals surface area contributed by atoms with Crippen molar-refractivity contribution in [1.29, 1.82) is 0 Å². The van der Waals surface area contributed by atoms with Gasteiger partial charge in [0.2, 0.25) is 0 Å². The van der Waals surface area contributed by atoms with Crippen LogP contribution in [-0.4, -0.2) is 50.7 Å². The van der Waals surface area contributed by atoms with Gasteiger partial charge in [-0.1, -0.05) is 42.0 Å². The summed E-state index contributed by atoms with van der Waals surface area (Å²) in [4.78, 5) is 14.4. The second-order valence-electron chi connectivity index (χ2n) is 6.33. The number of hydrogen-bond donors (Lipinski definition) is 3. The molecule has 0 aliphatic carbocycles.